The Morgan fingerprint density at radius 1 is 1.06 bits per heavy atom. The second kappa shape index (κ2) is 10.5. The Balaban J connectivity index is 1.51. The molecule has 2 heterocycles. The van der Waals surface area contributed by atoms with Crippen LogP contribution >= 0.6 is 0 Å². The minimum atomic E-state index is -0.264. The number of aromatic nitrogens is 3. The summed E-state index contributed by atoms with van der Waals surface area (Å²) in [6.45, 7) is 6.41. The fourth-order valence-electron chi connectivity index (χ4n) is 4.15. The van der Waals surface area contributed by atoms with Gasteiger partial charge < -0.3 is 24.7 Å². The van der Waals surface area contributed by atoms with Crippen LogP contribution in [0.2, 0.25) is 0 Å². The summed E-state index contributed by atoms with van der Waals surface area (Å²) in [4.78, 5) is 8.79. The summed E-state index contributed by atoms with van der Waals surface area (Å²) in [5.74, 6) is 1.95. The smallest absolute Gasteiger partial charge is 0.147 e. The van der Waals surface area contributed by atoms with Crippen LogP contribution in [-0.4, -0.2) is 41.8 Å². The molecule has 0 saturated carbocycles. The van der Waals surface area contributed by atoms with Gasteiger partial charge in [0.2, 0.25) is 0 Å². The number of hydrogen-bond acceptors (Lipinski definition) is 6. The molecule has 0 atom stereocenters. The van der Waals surface area contributed by atoms with E-state index < -0.39 is 0 Å². The second-order valence-electron chi connectivity index (χ2n) is 7.95. The van der Waals surface area contributed by atoms with Crippen molar-refractivity contribution in [1.29, 1.82) is 0 Å². The summed E-state index contributed by atoms with van der Waals surface area (Å²) in [5, 5.41) is 7.27. The van der Waals surface area contributed by atoms with E-state index in [1.807, 2.05) is 49.7 Å². The quantitative estimate of drug-likeness (QED) is 0.353. The Hall–Kier alpha value is -3.65. The highest BCUT2D eigenvalue weighted by molar-refractivity contribution is 5.88. The van der Waals surface area contributed by atoms with Gasteiger partial charge in [0.25, 0.3) is 0 Å². The molecule has 0 aliphatic rings. The third-order valence-corrected chi connectivity index (χ3v) is 5.74. The molecule has 8 heteroatoms. The van der Waals surface area contributed by atoms with E-state index in [1.165, 1.54) is 6.07 Å². The van der Waals surface area contributed by atoms with E-state index in [0.29, 0.717) is 36.8 Å². The van der Waals surface area contributed by atoms with Crippen molar-refractivity contribution in [2.24, 2.45) is 0 Å². The lowest BCUT2D eigenvalue weighted by atomic mass is 10.1. The van der Waals surface area contributed by atoms with E-state index in [1.54, 1.807) is 19.5 Å². The maximum absolute atomic E-state index is 14.6. The van der Waals surface area contributed by atoms with Gasteiger partial charge in [-0.2, -0.15) is 0 Å². The molecule has 0 unspecified atom stereocenters. The summed E-state index contributed by atoms with van der Waals surface area (Å²) in [5.41, 5.74) is 4.36. The topological polar surface area (TPSA) is 73.2 Å². The van der Waals surface area contributed by atoms with Crippen molar-refractivity contribution in [3.05, 3.63) is 65.9 Å². The predicted molar refractivity (Wildman–Crippen MR) is 133 cm³/mol. The van der Waals surface area contributed by atoms with Crippen LogP contribution in [0.25, 0.3) is 22.2 Å². The van der Waals surface area contributed by atoms with Crippen LogP contribution in [0.5, 0.6) is 11.5 Å². The van der Waals surface area contributed by atoms with Crippen LogP contribution in [0.15, 0.2) is 48.8 Å². The van der Waals surface area contributed by atoms with Crippen LogP contribution in [-0.2, 0) is 13.1 Å². The maximum Gasteiger partial charge on any atom is 0.147 e. The van der Waals surface area contributed by atoms with Crippen molar-refractivity contribution in [1.82, 2.24) is 19.9 Å². The molecular weight excluding hydrogens is 433 g/mol. The number of fused-ring (bicyclic) bond motifs is 1. The molecule has 0 fully saturated rings. The maximum atomic E-state index is 14.6. The fourth-order valence-corrected chi connectivity index (χ4v) is 4.15. The second-order valence-corrected chi connectivity index (χ2v) is 7.95. The first kappa shape index (κ1) is 23.5. The van der Waals surface area contributed by atoms with Crippen LogP contribution in [0.1, 0.15) is 18.2 Å². The summed E-state index contributed by atoms with van der Waals surface area (Å²) in [7, 11) is 3.51. The highest BCUT2D eigenvalue weighted by Gasteiger charge is 2.14. The number of aryl methyl sites for hydroxylation is 1. The van der Waals surface area contributed by atoms with E-state index in [2.05, 4.69) is 26.7 Å². The highest BCUT2D eigenvalue weighted by Crippen LogP contribution is 2.31. The van der Waals surface area contributed by atoms with Gasteiger partial charge >= 0.3 is 0 Å². The SMILES string of the molecule is CCOc1cc(-c2cc(NCCn3c(C)cc4c(OC)ccc(F)c43)ncn2)ccc1CNC. The van der Waals surface area contributed by atoms with Crippen molar-refractivity contribution in [3.63, 3.8) is 0 Å². The molecule has 4 aromatic rings. The predicted octanol–water partition coefficient (Wildman–Crippen LogP) is 4.78. The number of methoxy groups -OCH3 is 1. The molecule has 0 radical (unpaired) electrons. The Kier molecular flexibility index (Phi) is 7.27. The molecule has 0 saturated heterocycles. The van der Waals surface area contributed by atoms with Gasteiger partial charge in [0.05, 0.1) is 24.9 Å². The zero-order valence-corrected chi connectivity index (χ0v) is 20.0. The largest absolute Gasteiger partial charge is 0.496 e. The van der Waals surface area contributed by atoms with Crippen molar-refractivity contribution < 1.29 is 13.9 Å². The first-order chi connectivity index (χ1) is 16.5. The lowest BCUT2D eigenvalue weighted by Gasteiger charge is -2.13. The van der Waals surface area contributed by atoms with Crippen molar-refractivity contribution in [2.75, 3.05) is 32.6 Å². The van der Waals surface area contributed by atoms with Crippen LogP contribution in [0, 0.1) is 12.7 Å². The lowest BCUT2D eigenvalue weighted by molar-refractivity contribution is 0.336. The number of nitrogens with zero attached hydrogens (tertiary/aromatic N) is 3. The van der Waals surface area contributed by atoms with Crippen molar-refractivity contribution >= 4 is 16.7 Å². The Labute approximate surface area is 198 Å². The van der Waals surface area contributed by atoms with Gasteiger partial charge in [0.15, 0.2) is 0 Å². The number of nitrogens with one attached hydrogen (secondary N) is 2. The van der Waals surface area contributed by atoms with E-state index in [9.17, 15) is 4.39 Å². The van der Waals surface area contributed by atoms with E-state index in [4.69, 9.17) is 9.47 Å². The summed E-state index contributed by atoms with van der Waals surface area (Å²) < 4.78 is 27.8. The molecule has 0 aliphatic heterocycles. The van der Waals surface area contributed by atoms with Crippen LogP contribution < -0.4 is 20.1 Å². The number of hydrogen-bond donors (Lipinski definition) is 2. The molecule has 4 rings (SSSR count). The number of benzene rings is 2. The van der Waals surface area contributed by atoms with Gasteiger partial charge in [-0.1, -0.05) is 12.1 Å². The van der Waals surface area contributed by atoms with Gasteiger partial charge in [-0.05, 0) is 45.2 Å². The number of rotatable bonds is 10. The zero-order chi connectivity index (χ0) is 24.1. The van der Waals surface area contributed by atoms with E-state index in [-0.39, 0.29) is 5.82 Å². The van der Waals surface area contributed by atoms with Crippen molar-refractivity contribution in [2.45, 2.75) is 26.9 Å². The van der Waals surface area contributed by atoms with Crippen LogP contribution in [0.4, 0.5) is 10.2 Å². The Morgan fingerprint density at radius 3 is 2.68 bits per heavy atom. The van der Waals surface area contributed by atoms with Gasteiger partial charge in [-0.25, -0.2) is 14.4 Å². The number of ether oxygens (including phenoxy) is 2. The Bertz CT molecular complexity index is 1290. The first-order valence-corrected chi connectivity index (χ1v) is 11.3. The summed E-state index contributed by atoms with van der Waals surface area (Å²) in [6, 6.07) is 13.1. The molecule has 0 bridgehead atoms. The normalized spacial score (nSPS) is 11.1. The molecule has 2 N–H and O–H groups in total. The first-order valence-electron chi connectivity index (χ1n) is 11.3. The third-order valence-electron chi connectivity index (χ3n) is 5.74. The molecule has 178 valence electrons. The average molecular weight is 464 g/mol. The van der Waals surface area contributed by atoms with E-state index in [0.717, 1.165) is 40.2 Å². The number of halogens is 1. The number of anilines is 1. The Morgan fingerprint density at radius 2 is 1.91 bits per heavy atom. The molecule has 0 amide bonds. The molecule has 2 aromatic carbocycles. The van der Waals surface area contributed by atoms with E-state index >= 15 is 0 Å². The standard InChI is InChI=1S/C26H30FN5O2/c1-5-34-24-13-18(6-7-19(24)15-28-3)22-14-25(31-16-30-22)29-10-11-32-17(2)12-20-23(33-4)9-8-21(27)26(20)32/h6-9,12-14,16,28H,5,10-11,15H2,1-4H3,(H,29,30,31). The fraction of sp³-hybridized carbons (Fsp3) is 0.308. The summed E-state index contributed by atoms with van der Waals surface area (Å²) in [6.07, 6.45) is 1.54. The van der Waals surface area contributed by atoms with Gasteiger partial charge in [-0.3, -0.25) is 0 Å². The average Bonchev–Trinajstić information content (AvgIpc) is 3.18. The molecule has 2 aromatic heterocycles. The molecule has 7 nitrogen and oxygen atoms in total. The van der Waals surface area contributed by atoms with Gasteiger partial charge in [0, 0.05) is 47.9 Å². The monoisotopic (exact) mass is 463 g/mol. The molecule has 34 heavy (non-hydrogen) atoms. The minimum Gasteiger partial charge on any atom is -0.496 e. The third kappa shape index (κ3) is 4.82. The molecule has 0 aliphatic carbocycles. The molecular formula is C26H30FN5O2. The minimum absolute atomic E-state index is 0.264. The highest BCUT2D eigenvalue weighted by atomic mass is 19.1. The lowest BCUT2D eigenvalue weighted by Crippen LogP contribution is -2.13. The van der Waals surface area contributed by atoms with Crippen LogP contribution in [0.3, 0.4) is 0 Å². The van der Waals surface area contributed by atoms with Gasteiger partial charge in [-0.15, -0.1) is 0 Å². The molecule has 0 spiro atoms. The summed E-state index contributed by atoms with van der Waals surface area (Å²) >= 11 is 0. The zero-order valence-electron chi connectivity index (χ0n) is 20.0. The van der Waals surface area contributed by atoms with Crippen molar-refractivity contribution in [3.8, 4) is 22.8 Å². The van der Waals surface area contributed by atoms with Gasteiger partial charge in [0.1, 0.15) is 29.5 Å².